The number of thiophene rings is 1. The van der Waals surface area contributed by atoms with Crippen molar-refractivity contribution in [1.29, 1.82) is 0 Å². The first-order chi connectivity index (χ1) is 13.0. The molecule has 0 saturated heterocycles. The van der Waals surface area contributed by atoms with Gasteiger partial charge in [0.2, 0.25) is 5.75 Å². The molecule has 6 nitrogen and oxygen atoms in total. The predicted molar refractivity (Wildman–Crippen MR) is 127 cm³/mol. The number of methoxy groups -OCH3 is 3. The third-order valence-electron chi connectivity index (χ3n) is 4.14. The zero-order valence-corrected chi connectivity index (χ0v) is 20.4. The third-order valence-corrected chi connectivity index (χ3v) is 5.17. The Kier molecular flexibility index (Phi) is 10.4. The van der Waals surface area contributed by atoms with E-state index >= 15 is 0 Å². The van der Waals surface area contributed by atoms with Crippen LogP contribution >= 0.6 is 35.3 Å². The molecule has 156 valence electrons. The van der Waals surface area contributed by atoms with Crippen LogP contribution in [-0.4, -0.2) is 40.4 Å². The summed E-state index contributed by atoms with van der Waals surface area (Å²) >= 11 is 1.83. The Hall–Kier alpha value is -1.68. The molecule has 1 aromatic carbocycles. The van der Waals surface area contributed by atoms with E-state index < -0.39 is 0 Å². The number of aliphatic imine (C=N–C) groups is 1. The van der Waals surface area contributed by atoms with Crippen molar-refractivity contribution in [2.45, 2.75) is 32.9 Å². The minimum Gasteiger partial charge on any atom is -0.493 e. The van der Waals surface area contributed by atoms with E-state index in [0.29, 0.717) is 23.8 Å². The normalized spacial score (nSPS) is 12.0. The van der Waals surface area contributed by atoms with Crippen molar-refractivity contribution in [3.63, 3.8) is 0 Å². The monoisotopic (exact) mass is 519 g/mol. The highest BCUT2D eigenvalue weighted by atomic mass is 127. The largest absolute Gasteiger partial charge is 0.493 e. The molecule has 8 heteroatoms. The lowest BCUT2D eigenvalue weighted by Crippen LogP contribution is -2.42. The molecule has 2 N–H and O–H groups in total. The van der Waals surface area contributed by atoms with Gasteiger partial charge in [-0.15, -0.1) is 35.3 Å². The Morgan fingerprint density at radius 2 is 1.79 bits per heavy atom. The van der Waals surface area contributed by atoms with Gasteiger partial charge in [-0.2, -0.15) is 0 Å². The first kappa shape index (κ1) is 24.4. The second-order valence-corrected chi connectivity index (χ2v) is 7.55. The maximum atomic E-state index is 5.53. The summed E-state index contributed by atoms with van der Waals surface area (Å²) < 4.78 is 16.3. The Morgan fingerprint density at radius 3 is 2.32 bits per heavy atom. The molecule has 0 fully saturated rings. The summed E-state index contributed by atoms with van der Waals surface area (Å²) in [7, 11) is 6.60. The molecule has 0 radical (unpaired) electrons. The first-order valence-electron chi connectivity index (χ1n) is 8.82. The molecular formula is C20H30IN3O3S. The Morgan fingerprint density at radius 1 is 1.07 bits per heavy atom. The second kappa shape index (κ2) is 12.0. The van der Waals surface area contributed by atoms with Crippen molar-refractivity contribution < 1.29 is 14.2 Å². The molecule has 2 aromatic rings. The molecule has 0 amide bonds. The van der Waals surface area contributed by atoms with Gasteiger partial charge in [0.25, 0.3) is 0 Å². The van der Waals surface area contributed by atoms with Gasteiger partial charge in [-0.25, -0.2) is 0 Å². The number of aryl methyl sites for hydroxylation is 1. The lowest BCUT2D eigenvalue weighted by atomic mass is 10.1. The zero-order chi connectivity index (χ0) is 19.8. The fraction of sp³-hybridized carbons (Fsp3) is 0.450. The molecular weight excluding hydrogens is 489 g/mol. The van der Waals surface area contributed by atoms with Crippen molar-refractivity contribution in [2.24, 2.45) is 4.99 Å². The molecule has 28 heavy (non-hydrogen) atoms. The summed E-state index contributed by atoms with van der Waals surface area (Å²) in [4.78, 5) is 7.02. The maximum Gasteiger partial charge on any atom is 0.203 e. The molecule has 0 saturated carbocycles. The molecule has 0 aliphatic carbocycles. The fourth-order valence-corrected chi connectivity index (χ4v) is 3.88. The second-order valence-electron chi connectivity index (χ2n) is 6.18. The van der Waals surface area contributed by atoms with Crippen LogP contribution in [-0.2, 0) is 13.0 Å². The number of nitrogens with one attached hydrogen (secondary N) is 2. The fourth-order valence-electron chi connectivity index (χ4n) is 2.86. The van der Waals surface area contributed by atoms with Crippen LogP contribution in [0.1, 0.15) is 22.2 Å². The van der Waals surface area contributed by atoms with E-state index in [1.165, 1.54) is 9.75 Å². The Bertz CT molecular complexity index is 780. The lowest BCUT2D eigenvalue weighted by Gasteiger charge is -2.19. The van der Waals surface area contributed by atoms with Gasteiger partial charge in [0.05, 0.1) is 21.3 Å². The van der Waals surface area contributed by atoms with Gasteiger partial charge in [0.15, 0.2) is 17.5 Å². The summed E-state index contributed by atoms with van der Waals surface area (Å²) in [6.45, 7) is 4.83. The summed E-state index contributed by atoms with van der Waals surface area (Å²) in [5, 5.41) is 6.77. The highest BCUT2D eigenvalue weighted by molar-refractivity contribution is 14.0. The average molecular weight is 519 g/mol. The third kappa shape index (κ3) is 6.44. The Balaban J connectivity index is 0.00000392. The van der Waals surface area contributed by atoms with Gasteiger partial charge >= 0.3 is 0 Å². The van der Waals surface area contributed by atoms with Crippen LogP contribution < -0.4 is 24.8 Å². The van der Waals surface area contributed by atoms with Crippen LogP contribution in [0.2, 0.25) is 0 Å². The smallest absolute Gasteiger partial charge is 0.203 e. The molecule has 0 spiro atoms. The van der Waals surface area contributed by atoms with E-state index in [0.717, 1.165) is 17.9 Å². The van der Waals surface area contributed by atoms with E-state index in [1.54, 1.807) is 28.4 Å². The summed E-state index contributed by atoms with van der Waals surface area (Å²) in [5.41, 5.74) is 0.958. The van der Waals surface area contributed by atoms with Crippen molar-refractivity contribution in [1.82, 2.24) is 10.6 Å². The number of guanidine groups is 1. The highest BCUT2D eigenvalue weighted by Crippen LogP contribution is 2.39. The summed E-state index contributed by atoms with van der Waals surface area (Å²) in [6, 6.07) is 8.43. The minimum absolute atomic E-state index is 0. The van der Waals surface area contributed by atoms with E-state index in [-0.39, 0.29) is 30.0 Å². The molecule has 1 atom stereocenters. The molecule has 1 unspecified atom stereocenters. The molecule has 0 aliphatic rings. The summed E-state index contributed by atoms with van der Waals surface area (Å²) in [5.74, 6) is 2.62. The van der Waals surface area contributed by atoms with Crippen LogP contribution in [0, 0.1) is 6.92 Å². The van der Waals surface area contributed by atoms with Gasteiger partial charge < -0.3 is 24.8 Å². The quantitative estimate of drug-likeness (QED) is 0.314. The van der Waals surface area contributed by atoms with Crippen LogP contribution in [0.4, 0.5) is 0 Å². The Labute approximate surface area is 188 Å². The van der Waals surface area contributed by atoms with E-state index in [1.807, 2.05) is 23.5 Å². The van der Waals surface area contributed by atoms with Crippen LogP contribution in [0.5, 0.6) is 17.2 Å². The number of hydrogen-bond acceptors (Lipinski definition) is 5. The number of benzene rings is 1. The van der Waals surface area contributed by atoms with Gasteiger partial charge in [-0.05, 0) is 38.1 Å². The van der Waals surface area contributed by atoms with Crippen LogP contribution in [0.15, 0.2) is 29.3 Å². The van der Waals surface area contributed by atoms with Crippen LogP contribution in [0.25, 0.3) is 0 Å². The highest BCUT2D eigenvalue weighted by Gasteiger charge is 2.16. The van der Waals surface area contributed by atoms with Gasteiger partial charge in [-0.1, -0.05) is 0 Å². The maximum absolute atomic E-state index is 5.53. The molecule has 1 aromatic heterocycles. The van der Waals surface area contributed by atoms with Crippen molar-refractivity contribution in [2.75, 3.05) is 28.4 Å². The average Bonchev–Trinajstić information content (AvgIpc) is 3.08. The standard InChI is InChI=1S/C20H29N3O3S.HI/c1-13(11-16-9-7-14(2)27-16)23-20(21-3)22-12-15-8-10-17(24-4)19(26-6)18(15)25-5;/h7-10,13H,11-12H2,1-6H3,(H2,21,22,23);1H. The van der Waals surface area contributed by atoms with Crippen molar-refractivity contribution >= 4 is 41.3 Å². The van der Waals surface area contributed by atoms with Crippen molar-refractivity contribution in [3.8, 4) is 17.2 Å². The van der Waals surface area contributed by atoms with E-state index in [2.05, 4.69) is 41.6 Å². The number of halogens is 1. The van der Waals surface area contributed by atoms with Gasteiger partial charge in [0, 0.05) is 41.4 Å². The van der Waals surface area contributed by atoms with Gasteiger partial charge in [0.1, 0.15) is 0 Å². The predicted octanol–water partition coefficient (Wildman–Crippen LogP) is 4.00. The lowest BCUT2D eigenvalue weighted by molar-refractivity contribution is 0.322. The number of hydrogen-bond donors (Lipinski definition) is 2. The molecule has 1 heterocycles. The van der Waals surface area contributed by atoms with Gasteiger partial charge in [-0.3, -0.25) is 4.99 Å². The SMILES string of the molecule is CN=C(NCc1ccc(OC)c(OC)c1OC)NC(C)Cc1ccc(C)s1.I. The number of nitrogens with zero attached hydrogens (tertiary/aromatic N) is 1. The minimum atomic E-state index is 0. The topological polar surface area (TPSA) is 64.1 Å². The van der Waals surface area contributed by atoms with Crippen LogP contribution in [0.3, 0.4) is 0 Å². The number of rotatable bonds is 8. The molecule has 0 bridgehead atoms. The zero-order valence-electron chi connectivity index (χ0n) is 17.3. The number of ether oxygens (including phenoxy) is 3. The van der Waals surface area contributed by atoms with E-state index in [4.69, 9.17) is 14.2 Å². The van der Waals surface area contributed by atoms with E-state index in [9.17, 15) is 0 Å². The van der Waals surface area contributed by atoms with Crippen molar-refractivity contribution in [3.05, 3.63) is 39.6 Å². The first-order valence-corrected chi connectivity index (χ1v) is 9.64. The molecule has 2 rings (SSSR count). The molecule has 0 aliphatic heterocycles. The summed E-state index contributed by atoms with van der Waals surface area (Å²) in [6.07, 6.45) is 0.957.